The minimum absolute atomic E-state index is 0. The van der Waals surface area contributed by atoms with Gasteiger partial charge in [-0.2, -0.15) is 0 Å². The normalized spacial score (nSPS) is 18.8. The molecule has 1 heterocycles. The Kier molecular flexibility index (Phi) is 7.44. The Morgan fingerprint density at radius 3 is 2.42 bits per heavy atom. The Balaban J connectivity index is 0.00000180. The molecule has 0 bridgehead atoms. The van der Waals surface area contributed by atoms with Crippen LogP contribution in [0.25, 0.3) is 0 Å². The minimum atomic E-state index is 0. The van der Waals surface area contributed by atoms with E-state index in [4.69, 9.17) is 0 Å². The van der Waals surface area contributed by atoms with Crippen LogP contribution in [-0.2, 0) is 0 Å². The number of nitrogens with zero attached hydrogens (tertiary/aromatic N) is 1. The molecule has 2 rings (SSSR count). The molecule has 108 valence electrons. The van der Waals surface area contributed by atoms with Crippen molar-refractivity contribution in [2.75, 3.05) is 26.7 Å². The molecule has 0 aromatic heterocycles. The molecule has 1 aromatic carbocycles. The minimum Gasteiger partial charge on any atom is -0.320 e. The fourth-order valence-corrected chi connectivity index (χ4v) is 2.92. The average molecular weight is 283 g/mol. The van der Waals surface area contributed by atoms with Gasteiger partial charge in [0.15, 0.2) is 0 Å². The summed E-state index contributed by atoms with van der Waals surface area (Å²) in [5.74, 6) is 0.927. The van der Waals surface area contributed by atoms with Gasteiger partial charge in [0.05, 0.1) is 0 Å². The van der Waals surface area contributed by atoms with E-state index in [1.807, 2.05) is 7.05 Å². The van der Waals surface area contributed by atoms with E-state index in [1.165, 1.54) is 44.5 Å². The number of piperidine rings is 1. The third-order valence-corrected chi connectivity index (χ3v) is 4.28. The fraction of sp³-hybridized carbons (Fsp3) is 0.625. The van der Waals surface area contributed by atoms with Crippen LogP contribution in [0.1, 0.15) is 37.8 Å². The van der Waals surface area contributed by atoms with Crippen LogP contribution in [-0.4, -0.2) is 31.6 Å². The summed E-state index contributed by atoms with van der Waals surface area (Å²) in [6, 6.07) is 11.4. The molecule has 0 amide bonds. The van der Waals surface area contributed by atoms with Gasteiger partial charge in [-0.25, -0.2) is 0 Å². The molecule has 1 fully saturated rings. The second kappa shape index (κ2) is 8.57. The largest absolute Gasteiger partial charge is 0.320 e. The van der Waals surface area contributed by atoms with Crippen LogP contribution in [0.5, 0.6) is 0 Å². The van der Waals surface area contributed by atoms with Crippen LogP contribution in [0.4, 0.5) is 0 Å². The van der Waals surface area contributed by atoms with Gasteiger partial charge in [0, 0.05) is 6.04 Å². The number of benzene rings is 1. The van der Waals surface area contributed by atoms with E-state index in [-0.39, 0.29) is 12.4 Å². The summed E-state index contributed by atoms with van der Waals surface area (Å²) in [4.78, 5) is 2.63. The Bertz CT molecular complexity index is 334. The maximum atomic E-state index is 3.26. The molecule has 0 radical (unpaired) electrons. The fourth-order valence-electron chi connectivity index (χ4n) is 2.92. The molecule has 1 unspecified atom stereocenters. The van der Waals surface area contributed by atoms with Crippen molar-refractivity contribution in [1.82, 2.24) is 10.2 Å². The van der Waals surface area contributed by atoms with Crippen LogP contribution in [0, 0.1) is 5.92 Å². The van der Waals surface area contributed by atoms with Crippen molar-refractivity contribution in [3.63, 3.8) is 0 Å². The van der Waals surface area contributed by atoms with E-state index >= 15 is 0 Å². The first-order valence-electron chi connectivity index (χ1n) is 7.25. The molecule has 1 aliphatic rings. The molecule has 19 heavy (non-hydrogen) atoms. The Morgan fingerprint density at radius 1 is 1.21 bits per heavy atom. The molecule has 1 atom stereocenters. The van der Waals surface area contributed by atoms with Crippen LogP contribution in [0.3, 0.4) is 0 Å². The van der Waals surface area contributed by atoms with Gasteiger partial charge < -0.3 is 5.32 Å². The van der Waals surface area contributed by atoms with E-state index in [0.29, 0.717) is 6.04 Å². The number of hydrogen-bond acceptors (Lipinski definition) is 2. The summed E-state index contributed by atoms with van der Waals surface area (Å²) < 4.78 is 0. The molecule has 1 saturated heterocycles. The zero-order valence-corrected chi connectivity index (χ0v) is 13.0. The monoisotopic (exact) mass is 282 g/mol. The molecule has 2 nitrogen and oxygen atoms in total. The standard InChI is InChI=1S/C16H26N2.ClH/c1-14(16-6-4-3-5-7-16)18-12-9-15(10-13-18)8-11-17-2;/h3-7,14-15,17H,8-13H2,1-2H3;1H. The van der Waals surface area contributed by atoms with Crippen molar-refractivity contribution < 1.29 is 0 Å². The number of hydrogen-bond donors (Lipinski definition) is 1. The van der Waals surface area contributed by atoms with Gasteiger partial charge in [-0.05, 0) is 64.3 Å². The highest BCUT2D eigenvalue weighted by molar-refractivity contribution is 5.85. The van der Waals surface area contributed by atoms with Crippen LogP contribution in [0.15, 0.2) is 30.3 Å². The van der Waals surface area contributed by atoms with Gasteiger partial charge in [-0.3, -0.25) is 4.90 Å². The van der Waals surface area contributed by atoms with Crippen LogP contribution >= 0.6 is 12.4 Å². The van der Waals surface area contributed by atoms with Crippen molar-refractivity contribution >= 4 is 12.4 Å². The van der Waals surface area contributed by atoms with Crippen molar-refractivity contribution in [3.05, 3.63) is 35.9 Å². The lowest BCUT2D eigenvalue weighted by Crippen LogP contribution is -2.36. The lowest BCUT2D eigenvalue weighted by atomic mass is 9.92. The SMILES string of the molecule is CNCCC1CCN(C(C)c2ccccc2)CC1.Cl. The Labute approximate surface area is 124 Å². The van der Waals surface area contributed by atoms with E-state index in [2.05, 4.69) is 47.5 Å². The topological polar surface area (TPSA) is 15.3 Å². The quantitative estimate of drug-likeness (QED) is 0.889. The number of rotatable bonds is 5. The lowest BCUT2D eigenvalue weighted by Gasteiger charge is -2.36. The molecule has 1 N–H and O–H groups in total. The smallest absolute Gasteiger partial charge is 0.0319 e. The third-order valence-electron chi connectivity index (χ3n) is 4.28. The average Bonchev–Trinajstić information content (AvgIpc) is 2.46. The first-order valence-corrected chi connectivity index (χ1v) is 7.25. The van der Waals surface area contributed by atoms with Gasteiger partial charge >= 0.3 is 0 Å². The molecular weight excluding hydrogens is 256 g/mol. The van der Waals surface area contributed by atoms with E-state index < -0.39 is 0 Å². The summed E-state index contributed by atoms with van der Waals surface area (Å²) in [5, 5.41) is 3.26. The molecule has 3 heteroatoms. The highest BCUT2D eigenvalue weighted by Crippen LogP contribution is 2.27. The summed E-state index contributed by atoms with van der Waals surface area (Å²) in [6.45, 7) is 6.01. The number of likely N-dealkylation sites (tertiary alicyclic amines) is 1. The van der Waals surface area contributed by atoms with Gasteiger partial charge in [0.2, 0.25) is 0 Å². The van der Waals surface area contributed by atoms with Gasteiger partial charge in [-0.15, -0.1) is 12.4 Å². The number of nitrogens with one attached hydrogen (secondary N) is 1. The first kappa shape index (κ1) is 16.5. The van der Waals surface area contributed by atoms with Crippen LogP contribution in [0.2, 0.25) is 0 Å². The summed E-state index contributed by atoms with van der Waals surface area (Å²) in [5.41, 5.74) is 1.45. The molecule has 0 saturated carbocycles. The number of halogens is 1. The van der Waals surface area contributed by atoms with Gasteiger partial charge in [-0.1, -0.05) is 30.3 Å². The Morgan fingerprint density at radius 2 is 1.84 bits per heavy atom. The van der Waals surface area contributed by atoms with Gasteiger partial charge in [0.25, 0.3) is 0 Å². The predicted octanol–water partition coefficient (Wildman–Crippen LogP) is 3.49. The van der Waals surface area contributed by atoms with Crippen LogP contribution < -0.4 is 5.32 Å². The highest BCUT2D eigenvalue weighted by atomic mass is 35.5. The molecule has 0 aliphatic carbocycles. The summed E-state index contributed by atoms with van der Waals surface area (Å²) in [6.07, 6.45) is 4.06. The molecule has 0 spiro atoms. The zero-order chi connectivity index (χ0) is 12.8. The van der Waals surface area contributed by atoms with Crippen molar-refractivity contribution in [3.8, 4) is 0 Å². The van der Waals surface area contributed by atoms with Crippen molar-refractivity contribution in [1.29, 1.82) is 0 Å². The predicted molar refractivity (Wildman–Crippen MR) is 84.9 cm³/mol. The second-order valence-corrected chi connectivity index (χ2v) is 5.46. The maximum absolute atomic E-state index is 3.26. The van der Waals surface area contributed by atoms with E-state index in [0.717, 1.165) is 5.92 Å². The van der Waals surface area contributed by atoms with Crippen molar-refractivity contribution in [2.24, 2.45) is 5.92 Å². The Hall–Kier alpha value is -0.570. The molecule has 1 aliphatic heterocycles. The first-order chi connectivity index (χ1) is 8.81. The summed E-state index contributed by atoms with van der Waals surface area (Å²) in [7, 11) is 2.05. The van der Waals surface area contributed by atoms with E-state index in [1.54, 1.807) is 0 Å². The maximum Gasteiger partial charge on any atom is 0.0319 e. The van der Waals surface area contributed by atoms with Gasteiger partial charge in [0.1, 0.15) is 0 Å². The zero-order valence-electron chi connectivity index (χ0n) is 12.1. The lowest BCUT2D eigenvalue weighted by molar-refractivity contribution is 0.137. The third kappa shape index (κ3) is 4.79. The second-order valence-electron chi connectivity index (χ2n) is 5.46. The highest BCUT2D eigenvalue weighted by Gasteiger charge is 2.22. The molecular formula is C16H27ClN2. The van der Waals surface area contributed by atoms with Crippen molar-refractivity contribution in [2.45, 2.75) is 32.2 Å². The van der Waals surface area contributed by atoms with E-state index in [9.17, 15) is 0 Å². The molecule has 1 aromatic rings. The summed E-state index contributed by atoms with van der Waals surface area (Å²) >= 11 is 0.